The first-order valence-corrected chi connectivity index (χ1v) is 22.8. The van der Waals surface area contributed by atoms with E-state index in [2.05, 4.69) is 52.3 Å². The van der Waals surface area contributed by atoms with E-state index in [-0.39, 0.29) is 23.4 Å². The Labute approximate surface area is 378 Å². The molecule has 0 spiro atoms. The van der Waals surface area contributed by atoms with Gasteiger partial charge in [0.2, 0.25) is 11.8 Å². The number of carbonyl (C=O) groups is 4. The number of alkyl carbamates (subject to hydrolysis) is 1. The van der Waals surface area contributed by atoms with Crippen LogP contribution in [0.3, 0.4) is 0 Å². The average Bonchev–Trinajstić information content (AvgIpc) is 3.31. The number of thioether (sulfide) groups is 2. The monoisotopic (exact) mass is 879 g/mol. The predicted octanol–water partition coefficient (Wildman–Crippen LogP) is 9.47. The Hall–Kier alpha value is -6.30. The lowest BCUT2D eigenvalue weighted by molar-refractivity contribution is -0.154. The normalized spacial score (nSPS) is 12.4. The van der Waals surface area contributed by atoms with Crippen LogP contribution in [0.2, 0.25) is 0 Å². The summed E-state index contributed by atoms with van der Waals surface area (Å²) in [7, 11) is 0. The molecule has 0 radical (unpaired) electrons. The highest BCUT2D eigenvalue weighted by molar-refractivity contribution is 8.00. The first kappa shape index (κ1) is 46.2. The number of rotatable bonds is 19. The van der Waals surface area contributed by atoms with Crippen molar-refractivity contribution in [3.63, 3.8) is 0 Å². The highest BCUT2D eigenvalue weighted by atomic mass is 32.2. The second-order valence-corrected chi connectivity index (χ2v) is 18.1. The van der Waals surface area contributed by atoms with Crippen LogP contribution in [-0.2, 0) is 35.2 Å². The molecule has 0 saturated heterocycles. The van der Waals surface area contributed by atoms with E-state index in [0.717, 1.165) is 33.4 Å². The van der Waals surface area contributed by atoms with E-state index in [4.69, 9.17) is 9.47 Å². The molecule has 0 aliphatic rings. The number of esters is 1. The minimum atomic E-state index is -1.18. The number of ether oxygens (including phenoxy) is 2. The molecule has 9 nitrogen and oxygen atoms in total. The van der Waals surface area contributed by atoms with Crippen molar-refractivity contribution in [2.24, 2.45) is 0 Å². The third-order valence-corrected chi connectivity index (χ3v) is 13.0. The third-order valence-electron chi connectivity index (χ3n) is 9.92. The van der Waals surface area contributed by atoms with Crippen LogP contribution < -0.4 is 16.0 Å². The van der Waals surface area contributed by atoms with Crippen LogP contribution >= 0.6 is 23.5 Å². The molecule has 0 aliphatic heterocycles. The number of amides is 3. The number of carbonyl (C=O) groups excluding carboxylic acids is 4. The molecule has 2 atom stereocenters. The van der Waals surface area contributed by atoms with Crippen LogP contribution in [0, 0.1) is 0 Å². The van der Waals surface area contributed by atoms with Crippen molar-refractivity contribution in [2.45, 2.75) is 55.1 Å². The summed E-state index contributed by atoms with van der Waals surface area (Å²) in [4.78, 5) is 55.4. The summed E-state index contributed by atoms with van der Waals surface area (Å²) in [6.07, 6.45) is -0.794. The van der Waals surface area contributed by atoms with Gasteiger partial charge in [0.25, 0.3) is 0 Å². The van der Waals surface area contributed by atoms with Crippen molar-refractivity contribution in [3.05, 3.63) is 215 Å². The van der Waals surface area contributed by atoms with E-state index in [1.54, 1.807) is 20.8 Å². The van der Waals surface area contributed by atoms with Gasteiger partial charge in [0, 0.05) is 11.5 Å². The van der Waals surface area contributed by atoms with Crippen molar-refractivity contribution in [3.8, 4) is 0 Å². The van der Waals surface area contributed by atoms with Gasteiger partial charge in [-0.2, -0.15) is 0 Å². The van der Waals surface area contributed by atoms with Crippen LogP contribution in [0.4, 0.5) is 4.79 Å². The molecule has 3 amide bonds. The average molecular weight is 880 g/mol. The topological polar surface area (TPSA) is 123 Å². The van der Waals surface area contributed by atoms with Gasteiger partial charge in [-0.05, 0) is 54.2 Å². The molecule has 0 bridgehead atoms. The lowest BCUT2D eigenvalue weighted by Gasteiger charge is -2.36. The number of nitrogens with one attached hydrogen (secondary N) is 3. The van der Waals surface area contributed by atoms with Crippen LogP contribution in [0.1, 0.15) is 59.4 Å². The molecule has 0 saturated carbocycles. The zero-order valence-electron chi connectivity index (χ0n) is 35.6. The van der Waals surface area contributed by atoms with Crippen molar-refractivity contribution in [1.29, 1.82) is 0 Å². The first-order valence-electron chi connectivity index (χ1n) is 20.8. The van der Waals surface area contributed by atoms with Gasteiger partial charge in [-0.1, -0.05) is 182 Å². The molecular formula is C52H53N3O6S2. The third kappa shape index (κ3) is 13.3. The highest BCUT2D eigenvalue weighted by Crippen LogP contribution is 2.48. The Bertz CT molecular complexity index is 2220. The minimum absolute atomic E-state index is 0.0111. The fraction of sp³-hybridized carbons (Fsp3) is 0.231. The molecule has 3 N–H and O–H groups in total. The van der Waals surface area contributed by atoms with Gasteiger partial charge >= 0.3 is 12.1 Å². The maximum absolute atomic E-state index is 14.8. The van der Waals surface area contributed by atoms with Gasteiger partial charge in [-0.3, -0.25) is 14.4 Å². The van der Waals surface area contributed by atoms with Gasteiger partial charge in [0.1, 0.15) is 30.8 Å². The number of hydrogen-bond donors (Lipinski definition) is 3. The maximum atomic E-state index is 14.8. The van der Waals surface area contributed by atoms with E-state index >= 15 is 0 Å². The first-order chi connectivity index (χ1) is 30.5. The number of hydrogen-bond acceptors (Lipinski definition) is 8. The van der Waals surface area contributed by atoms with E-state index < -0.39 is 52.9 Å². The molecule has 6 rings (SSSR count). The predicted molar refractivity (Wildman–Crippen MR) is 253 cm³/mol. The Morgan fingerprint density at radius 2 is 0.968 bits per heavy atom. The Balaban J connectivity index is 1.33. The summed E-state index contributed by atoms with van der Waals surface area (Å²) in [5.41, 5.74) is 4.98. The van der Waals surface area contributed by atoms with Crippen LogP contribution in [0.15, 0.2) is 182 Å². The van der Waals surface area contributed by atoms with Crippen molar-refractivity contribution >= 4 is 47.4 Å². The van der Waals surface area contributed by atoms with Crippen molar-refractivity contribution in [2.75, 3.05) is 18.1 Å². The quantitative estimate of drug-likeness (QED) is 0.0544. The second kappa shape index (κ2) is 22.7. The molecule has 6 aromatic rings. The Kier molecular flexibility index (Phi) is 16.6. The Morgan fingerprint density at radius 1 is 0.540 bits per heavy atom. The maximum Gasteiger partial charge on any atom is 0.408 e. The van der Waals surface area contributed by atoms with E-state index in [1.807, 2.05) is 146 Å². The van der Waals surface area contributed by atoms with Crippen molar-refractivity contribution in [1.82, 2.24) is 16.0 Å². The van der Waals surface area contributed by atoms with E-state index in [1.165, 1.54) is 23.5 Å². The van der Waals surface area contributed by atoms with E-state index in [9.17, 15) is 19.2 Å². The van der Waals surface area contributed by atoms with Gasteiger partial charge in [0.15, 0.2) is 0 Å². The van der Waals surface area contributed by atoms with Crippen LogP contribution in [0.5, 0.6) is 0 Å². The Morgan fingerprint density at radius 3 is 1.43 bits per heavy atom. The van der Waals surface area contributed by atoms with Crippen LogP contribution in [-0.4, -0.2) is 59.6 Å². The van der Waals surface area contributed by atoms with E-state index in [0.29, 0.717) is 0 Å². The summed E-state index contributed by atoms with van der Waals surface area (Å²) in [6, 6.07) is 56.9. The van der Waals surface area contributed by atoms with Crippen LogP contribution in [0.25, 0.3) is 0 Å². The second-order valence-electron chi connectivity index (χ2n) is 15.7. The molecule has 324 valence electrons. The molecular weight excluding hydrogens is 827 g/mol. The van der Waals surface area contributed by atoms with Gasteiger partial charge < -0.3 is 25.4 Å². The molecule has 11 heteroatoms. The minimum Gasteiger partial charge on any atom is -0.459 e. The summed E-state index contributed by atoms with van der Waals surface area (Å²) >= 11 is 2.97. The molecule has 6 aromatic carbocycles. The fourth-order valence-corrected chi connectivity index (χ4v) is 9.89. The molecule has 63 heavy (non-hydrogen) atoms. The highest BCUT2D eigenvalue weighted by Gasteiger charge is 2.39. The molecule has 0 fully saturated rings. The summed E-state index contributed by atoms with van der Waals surface area (Å²) < 4.78 is 10.3. The SMILES string of the molecule is CC(C)(C)OC(=O)CNC(=O)[C@@H](CSC(c1ccccc1)c1ccccc1)NC(=O)[C@@H](CSC(c1ccccc1)(c1ccccc1)c1ccccc1)NC(=O)OCc1ccccc1. The summed E-state index contributed by atoms with van der Waals surface area (Å²) in [6.45, 7) is 4.83. The number of benzene rings is 6. The standard InChI is InChI=1S/C52H53N3O6S2/c1-51(2,3)61-46(56)34-53-48(57)44(36-62-47(39-24-12-5-13-25-39)40-26-14-6-15-27-40)54-49(58)45(55-50(59)60-35-38-22-10-4-11-23-38)37-63-52(41-28-16-7-17-29-41,42-30-18-8-19-31-42)43-32-20-9-21-33-43/h4-33,44-45,47H,34-37H2,1-3H3,(H,53,57)(H,54,58)(H,55,59)/t44-,45-/m1/s1. The van der Waals surface area contributed by atoms with Gasteiger partial charge in [-0.25, -0.2) is 4.79 Å². The molecule has 0 heterocycles. The van der Waals surface area contributed by atoms with Gasteiger partial charge in [0.05, 0.1) is 10.00 Å². The summed E-state index contributed by atoms with van der Waals surface area (Å²) in [5, 5.41) is 8.32. The lowest BCUT2D eigenvalue weighted by Crippen LogP contribution is -2.56. The molecule has 0 aliphatic carbocycles. The largest absolute Gasteiger partial charge is 0.459 e. The zero-order chi connectivity index (χ0) is 44.5. The zero-order valence-corrected chi connectivity index (χ0v) is 37.3. The van der Waals surface area contributed by atoms with Gasteiger partial charge in [-0.15, -0.1) is 23.5 Å². The molecule has 0 unspecified atom stereocenters. The molecule has 0 aromatic heterocycles. The fourth-order valence-electron chi connectivity index (χ4n) is 7.02. The summed E-state index contributed by atoms with van der Waals surface area (Å²) in [5.74, 6) is -1.60. The smallest absolute Gasteiger partial charge is 0.408 e. The van der Waals surface area contributed by atoms with Crippen molar-refractivity contribution < 1.29 is 28.7 Å². The lowest BCUT2D eigenvalue weighted by atomic mass is 9.84.